The highest BCUT2D eigenvalue weighted by atomic mass is 16.6. The van der Waals surface area contributed by atoms with Crippen molar-refractivity contribution in [3.05, 3.63) is 108 Å². The van der Waals surface area contributed by atoms with Crippen LogP contribution in [0.15, 0.2) is 91.0 Å². The Bertz CT molecular complexity index is 1090. The fourth-order valence-corrected chi connectivity index (χ4v) is 4.11. The van der Waals surface area contributed by atoms with Gasteiger partial charge in [0, 0.05) is 6.92 Å². The van der Waals surface area contributed by atoms with Gasteiger partial charge in [0.15, 0.2) is 12.1 Å². The lowest BCUT2D eigenvalue weighted by Gasteiger charge is -2.41. The fourth-order valence-electron chi connectivity index (χ4n) is 4.11. The molecule has 7 nitrogen and oxygen atoms in total. The average molecular weight is 490 g/mol. The quantitative estimate of drug-likeness (QED) is 0.413. The monoisotopic (exact) mass is 489 g/mol. The number of benzene rings is 3. The van der Waals surface area contributed by atoms with Gasteiger partial charge in [-0.2, -0.15) is 0 Å². The maximum absolute atomic E-state index is 13.0. The van der Waals surface area contributed by atoms with E-state index < -0.39 is 30.3 Å². The molecule has 0 aromatic heterocycles. The molecule has 0 bridgehead atoms. The summed E-state index contributed by atoms with van der Waals surface area (Å²) < 4.78 is 24.2. The van der Waals surface area contributed by atoms with Gasteiger partial charge in [-0.1, -0.05) is 91.0 Å². The molecule has 0 unspecified atom stereocenters. The van der Waals surface area contributed by atoms with Crippen LogP contribution in [0.4, 0.5) is 0 Å². The molecule has 0 spiro atoms. The Hall–Kier alpha value is -3.52. The third kappa shape index (κ3) is 7.24. The first-order valence-corrected chi connectivity index (χ1v) is 12.0. The SMILES string of the molecule is CC(=O)N[C@@H]1C(=O)O[C@H](COCc2ccccc2)[C@H](OCc2ccccc2)[C@@H]1OCc1ccccc1. The second-order valence-corrected chi connectivity index (χ2v) is 8.68. The van der Waals surface area contributed by atoms with E-state index in [2.05, 4.69) is 5.32 Å². The molecule has 1 heterocycles. The topological polar surface area (TPSA) is 83.1 Å². The van der Waals surface area contributed by atoms with Gasteiger partial charge in [-0.25, -0.2) is 4.79 Å². The molecule has 1 N–H and O–H groups in total. The van der Waals surface area contributed by atoms with Gasteiger partial charge < -0.3 is 24.3 Å². The number of rotatable bonds is 11. The van der Waals surface area contributed by atoms with E-state index in [1.54, 1.807) is 0 Å². The third-order valence-electron chi connectivity index (χ3n) is 5.86. The number of esters is 1. The Morgan fingerprint density at radius 2 is 1.22 bits per heavy atom. The van der Waals surface area contributed by atoms with Gasteiger partial charge in [0.2, 0.25) is 5.91 Å². The molecule has 1 saturated heterocycles. The number of hydrogen-bond donors (Lipinski definition) is 1. The number of nitrogens with one attached hydrogen (secondary N) is 1. The molecule has 4 atom stereocenters. The van der Waals surface area contributed by atoms with Crippen molar-refractivity contribution >= 4 is 11.9 Å². The van der Waals surface area contributed by atoms with Crippen molar-refractivity contribution in [1.29, 1.82) is 0 Å². The summed E-state index contributed by atoms with van der Waals surface area (Å²) in [6, 6.07) is 28.1. The van der Waals surface area contributed by atoms with Crippen LogP contribution in [0.5, 0.6) is 0 Å². The molecule has 1 fully saturated rings. The zero-order valence-electron chi connectivity index (χ0n) is 20.2. The van der Waals surface area contributed by atoms with Gasteiger partial charge in [-0.15, -0.1) is 0 Å². The summed E-state index contributed by atoms with van der Waals surface area (Å²) in [5.74, 6) is -0.929. The number of carbonyl (C=O) groups is 2. The molecule has 0 radical (unpaired) electrons. The van der Waals surface area contributed by atoms with Crippen molar-refractivity contribution in [3.8, 4) is 0 Å². The van der Waals surface area contributed by atoms with Crippen LogP contribution in [0.25, 0.3) is 0 Å². The van der Waals surface area contributed by atoms with E-state index in [1.807, 2.05) is 91.0 Å². The smallest absolute Gasteiger partial charge is 0.331 e. The standard InChI is InChI=1S/C29H31NO6/c1-21(31)30-26-28(35-19-24-15-9-4-10-16-24)27(34-18-23-13-7-3-8-14-23)25(36-29(26)32)20-33-17-22-11-5-2-6-12-22/h2-16,25-28H,17-20H2,1H3,(H,30,31)/t25-,26+,27+,28-/m1/s1. The molecule has 1 amide bonds. The molecule has 188 valence electrons. The molecule has 36 heavy (non-hydrogen) atoms. The first-order valence-electron chi connectivity index (χ1n) is 12.0. The van der Waals surface area contributed by atoms with Crippen molar-refractivity contribution in [2.75, 3.05) is 6.61 Å². The summed E-state index contributed by atoms with van der Waals surface area (Å²) in [4.78, 5) is 24.9. The number of ether oxygens (including phenoxy) is 4. The highest BCUT2D eigenvalue weighted by Gasteiger charge is 2.48. The van der Waals surface area contributed by atoms with E-state index in [1.165, 1.54) is 6.92 Å². The van der Waals surface area contributed by atoms with Crippen LogP contribution in [0.3, 0.4) is 0 Å². The predicted octanol–water partition coefficient (Wildman–Crippen LogP) is 3.80. The van der Waals surface area contributed by atoms with Gasteiger partial charge >= 0.3 is 5.97 Å². The van der Waals surface area contributed by atoms with Crippen LogP contribution in [0.1, 0.15) is 23.6 Å². The minimum absolute atomic E-state index is 0.123. The first kappa shape index (κ1) is 25.6. The van der Waals surface area contributed by atoms with Crippen molar-refractivity contribution in [2.45, 2.75) is 51.1 Å². The number of amides is 1. The van der Waals surface area contributed by atoms with E-state index in [0.29, 0.717) is 6.61 Å². The van der Waals surface area contributed by atoms with E-state index in [4.69, 9.17) is 18.9 Å². The zero-order chi connectivity index (χ0) is 25.2. The van der Waals surface area contributed by atoms with Crippen molar-refractivity contribution in [3.63, 3.8) is 0 Å². The lowest BCUT2D eigenvalue weighted by Crippen LogP contribution is -2.63. The lowest BCUT2D eigenvalue weighted by molar-refractivity contribution is -0.213. The van der Waals surface area contributed by atoms with Crippen molar-refractivity contribution < 1.29 is 28.5 Å². The van der Waals surface area contributed by atoms with E-state index >= 15 is 0 Å². The lowest BCUT2D eigenvalue weighted by atomic mass is 9.96. The normalized spacial score (nSPS) is 21.5. The summed E-state index contributed by atoms with van der Waals surface area (Å²) in [7, 11) is 0. The van der Waals surface area contributed by atoms with Gasteiger partial charge in [-0.05, 0) is 16.7 Å². The molecule has 0 aliphatic carbocycles. The van der Waals surface area contributed by atoms with Crippen LogP contribution in [0.2, 0.25) is 0 Å². The number of cyclic esters (lactones) is 1. The second-order valence-electron chi connectivity index (χ2n) is 8.68. The van der Waals surface area contributed by atoms with Gasteiger partial charge in [0.05, 0.1) is 26.4 Å². The van der Waals surface area contributed by atoms with Gasteiger partial charge in [0.25, 0.3) is 0 Å². The van der Waals surface area contributed by atoms with E-state index in [9.17, 15) is 9.59 Å². The molecule has 1 aliphatic heterocycles. The third-order valence-corrected chi connectivity index (χ3v) is 5.86. The van der Waals surface area contributed by atoms with Gasteiger partial charge in [0.1, 0.15) is 12.2 Å². The second kappa shape index (κ2) is 13.0. The molecule has 3 aromatic rings. The molecule has 3 aromatic carbocycles. The van der Waals surface area contributed by atoms with E-state index in [0.717, 1.165) is 16.7 Å². The number of hydrogen-bond acceptors (Lipinski definition) is 6. The molecule has 7 heteroatoms. The van der Waals surface area contributed by atoms with Crippen molar-refractivity contribution in [2.24, 2.45) is 0 Å². The molecular weight excluding hydrogens is 458 g/mol. The van der Waals surface area contributed by atoms with Crippen LogP contribution in [-0.2, 0) is 48.4 Å². The Labute approximate surface area is 211 Å². The zero-order valence-corrected chi connectivity index (χ0v) is 20.2. The Kier molecular flexibility index (Phi) is 9.21. The average Bonchev–Trinajstić information content (AvgIpc) is 2.90. The molecule has 1 aliphatic rings. The van der Waals surface area contributed by atoms with Crippen LogP contribution >= 0.6 is 0 Å². The molecular formula is C29H31NO6. The van der Waals surface area contributed by atoms with Gasteiger partial charge in [-0.3, -0.25) is 4.79 Å². The molecule has 0 saturated carbocycles. The highest BCUT2D eigenvalue weighted by molar-refractivity contribution is 5.84. The minimum Gasteiger partial charge on any atom is -0.455 e. The largest absolute Gasteiger partial charge is 0.455 e. The van der Waals surface area contributed by atoms with E-state index in [-0.39, 0.29) is 25.7 Å². The first-order chi connectivity index (χ1) is 17.6. The minimum atomic E-state index is -1.00. The van der Waals surface area contributed by atoms with Crippen LogP contribution in [0, 0.1) is 0 Å². The highest BCUT2D eigenvalue weighted by Crippen LogP contribution is 2.26. The maximum atomic E-state index is 13.0. The summed E-state index contributed by atoms with van der Waals surface area (Å²) in [6.45, 7) is 2.38. The summed E-state index contributed by atoms with van der Waals surface area (Å²) in [5, 5.41) is 2.69. The molecule has 4 rings (SSSR count). The summed E-state index contributed by atoms with van der Waals surface area (Å²) in [6.07, 6.45) is -2.15. The van der Waals surface area contributed by atoms with Crippen LogP contribution in [-0.4, -0.2) is 42.8 Å². The van der Waals surface area contributed by atoms with Crippen LogP contribution < -0.4 is 5.32 Å². The summed E-state index contributed by atoms with van der Waals surface area (Å²) in [5.41, 5.74) is 2.92. The van der Waals surface area contributed by atoms with Crippen molar-refractivity contribution in [1.82, 2.24) is 5.32 Å². The number of carbonyl (C=O) groups excluding carboxylic acids is 2. The Morgan fingerprint density at radius 3 is 1.72 bits per heavy atom. The summed E-state index contributed by atoms with van der Waals surface area (Å²) >= 11 is 0. The predicted molar refractivity (Wildman–Crippen MR) is 134 cm³/mol. The maximum Gasteiger partial charge on any atom is 0.331 e. The Balaban J connectivity index is 1.54. The Morgan fingerprint density at radius 1 is 0.750 bits per heavy atom. The fraction of sp³-hybridized carbons (Fsp3) is 0.310.